The lowest BCUT2D eigenvalue weighted by molar-refractivity contribution is -0.147. The molecule has 1 aliphatic carbocycles. The summed E-state index contributed by atoms with van der Waals surface area (Å²) in [6.45, 7) is 5.30. The summed E-state index contributed by atoms with van der Waals surface area (Å²) in [6.07, 6.45) is 4.34. The van der Waals surface area contributed by atoms with Gasteiger partial charge in [-0.2, -0.15) is 5.26 Å². The maximum atomic E-state index is 11.6. The minimum Gasteiger partial charge on any atom is -0.458 e. The minimum atomic E-state index is -0.630. The molecule has 0 saturated heterocycles. The highest BCUT2D eigenvalue weighted by Crippen LogP contribution is 2.25. The second kappa shape index (κ2) is 4.48. The van der Waals surface area contributed by atoms with Crippen molar-refractivity contribution < 1.29 is 9.53 Å². The van der Waals surface area contributed by atoms with Gasteiger partial charge in [0.15, 0.2) is 0 Å². The van der Waals surface area contributed by atoms with E-state index in [1.165, 1.54) is 0 Å². The summed E-state index contributed by atoms with van der Waals surface area (Å²) >= 11 is 0. The molecule has 3 nitrogen and oxygen atoms in total. The molecule has 15 heavy (non-hydrogen) atoms. The van der Waals surface area contributed by atoms with Gasteiger partial charge in [-0.15, -0.1) is 0 Å². The topological polar surface area (TPSA) is 50.1 Å². The molecule has 0 aromatic rings. The van der Waals surface area contributed by atoms with Crippen molar-refractivity contribution in [3.63, 3.8) is 0 Å². The monoisotopic (exact) mass is 207 g/mol. The van der Waals surface area contributed by atoms with Gasteiger partial charge in [0.1, 0.15) is 6.10 Å². The first-order chi connectivity index (χ1) is 6.97. The van der Waals surface area contributed by atoms with Crippen LogP contribution in [0.25, 0.3) is 0 Å². The van der Waals surface area contributed by atoms with E-state index in [1.54, 1.807) is 20.8 Å². The van der Waals surface area contributed by atoms with Crippen molar-refractivity contribution in [3.8, 4) is 6.07 Å². The molecule has 0 N–H and O–H groups in total. The van der Waals surface area contributed by atoms with Crippen molar-refractivity contribution in [2.75, 3.05) is 0 Å². The van der Waals surface area contributed by atoms with Crippen LogP contribution in [0.3, 0.4) is 0 Å². The number of esters is 1. The summed E-state index contributed by atoms with van der Waals surface area (Å²) < 4.78 is 5.26. The highest BCUT2D eigenvalue weighted by molar-refractivity contribution is 5.89. The first-order valence-corrected chi connectivity index (χ1v) is 5.28. The van der Waals surface area contributed by atoms with Gasteiger partial charge < -0.3 is 4.74 Å². The molecular formula is C12H17NO2. The molecule has 0 aromatic heterocycles. The third-order valence-corrected chi connectivity index (χ3v) is 2.89. The third-order valence-electron chi connectivity index (χ3n) is 2.89. The van der Waals surface area contributed by atoms with Crippen molar-refractivity contribution in [2.24, 2.45) is 5.41 Å². The van der Waals surface area contributed by atoms with E-state index in [-0.39, 0.29) is 12.1 Å². The van der Waals surface area contributed by atoms with Crippen LogP contribution in [0.5, 0.6) is 0 Å². The van der Waals surface area contributed by atoms with Gasteiger partial charge in [0.25, 0.3) is 0 Å². The third kappa shape index (κ3) is 2.82. The predicted octanol–water partition coefficient (Wildman–Crippen LogP) is 2.58. The van der Waals surface area contributed by atoms with Crippen LogP contribution < -0.4 is 0 Å². The summed E-state index contributed by atoms with van der Waals surface area (Å²) in [5.74, 6) is -0.261. The second-order valence-corrected chi connectivity index (χ2v) is 4.50. The molecular weight excluding hydrogens is 190 g/mol. The van der Waals surface area contributed by atoms with Crippen molar-refractivity contribution in [1.82, 2.24) is 0 Å². The van der Waals surface area contributed by atoms with E-state index in [9.17, 15) is 4.79 Å². The van der Waals surface area contributed by atoms with Crippen molar-refractivity contribution >= 4 is 5.97 Å². The molecule has 0 fully saturated rings. The van der Waals surface area contributed by atoms with Crippen molar-refractivity contribution in [1.29, 1.82) is 5.26 Å². The number of rotatable bonds is 3. The number of carbonyl (C=O) groups is 1. The van der Waals surface area contributed by atoms with Gasteiger partial charge in [0.05, 0.1) is 11.5 Å². The van der Waals surface area contributed by atoms with E-state index in [2.05, 4.69) is 6.07 Å². The lowest BCUT2D eigenvalue weighted by atomic mass is 9.89. The van der Waals surface area contributed by atoms with E-state index < -0.39 is 5.41 Å². The van der Waals surface area contributed by atoms with Crippen LogP contribution in [0, 0.1) is 16.7 Å². The Morgan fingerprint density at radius 3 is 2.80 bits per heavy atom. The van der Waals surface area contributed by atoms with Gasteiger partial charge in [-0.25, -0.2) is 4.79 Å². The average molecular weight is 207 g/mol. The fraction of sp³-hybridized carbons (Fsp3) is 0.667. The number of allylic oxidation sites excluding steroid dienone is 1. The quantitative estimate of drug-likeness (QED) is 0.668. The zero-order valence-corrected chi connectivity index (χ0v) is 9.54. The summed E-state index contributed by atoms with van der Waals surface area (Å²) in [5.41, 5.74) is 0.130. The Kier molecular flexibility index (Phi) is 3.52. The van der Waals surface area contributed by atoms with Crippen LogP contribution in [-0.4, -0.2) is 12.1 Å². The fourth-order valence-electron chi connectivity index (χ4n) is 1.33. The van der Waals surface area contributed by atoms with Gasteiger partial charge in [0, 0.05) is 5.57 Å². The van der Waals surface area contributed by atoms with E-state index >= 15 is 0 Å². The molecule has 0 radical (unpaired) electrons. The number of hydrogen-bond acceptors (Lipinski definition) is 3. The molecule has 1 rings (SSSR count). The summed E-state index contributed by atoms with van der Waals surface area (Å²) in [6, 6.07) is 2.14. The average Bonchev–Trinajstić information content (AvgIpc) is 2.70. The smallest absolute Gasteiger partial charge is 0.333 e. The highest BCUT2D eigenvalue weighted by Gasteiger charge is 2.29. The lowest BCUT2D eigenvalue weighted by Crippen LogP contribution is -2.30. The number of hydrogen-bond donors (Lipinski definition) is 0. The van der Waals surface area contributed by atoms with Crippen LogP contribution in [0.1, 0.15) is 40.0 Å². The Balaban J connectivity index is 2.56. The molecule has 0 unspecified atom stereocenters. The van der Waals surface area contributed by atoms with Crippen LogP contribution in [0.2, 0.25) is 0 Å². The molecule has 1 aliphatic rings. The maximum absolute atomic E-state index is 11.6. The molecule has 3 heteroatoms. The van der Waals surface area contributed by atoms with Gasteiger partial charge in [0.2, 0.25) is 0 Å². The Hall–Kier alpha value is -1.30. The number of carbonyl (C=O) groups excluding carboxylic acids is 1. The van der Waals surface area contributed by atoms with E-state index in [0.29, 0.717) is 0 Å². The normalized spacial score (nSPS) is 17.9. The van der Waals surface area contributed by atoms with E-state index in [1.807, 2.05) is 6.08 Å². The number of ether oxygens (including phenoxy) is 1. The molecule has 0 heterocycles. The van der Waals surface area contributed by atoms with Gasteiger partial charge >= 0.3 is 5.97 Å². The minimum absolute atomic E-state index is 0.261. The summed E-state index contributed by atoms with van der Waals surface area (Å²) in [4.78, 5) is 11.6. The zero-order chi connectivity index (χ0) is 11.5. The molecule has 0 bridgehead atoms. The highest BCUT2D eigenvalue weighted by atomic mass is 16.5. The molecule has 1 atom stereocenters. The van der Waals surface area contributed by atoms with Crippen LogP contribution >= 0.6 is 0 Å². The molecule has 0 amide bonds. The van der Waals surface area contributed by atoms with E-state index in [4.69, 9.17) is 10.00 Å². The zero-order valence-electron chi connectivity index (χ0n) is 9.54. The van der Waals surface area contributed by atoms with Crippen LogP contribution in [-0.2, 0) is 9.53 Å². The molecule has 0 spiro atoms. The second-order valence-electron chi connectivity index (χ2n) is 4.50. The largest absolute Gasteiger partial charge is 0.458 e. The molecule has 0 saturated carbocycles. The standard InChI is InChI=1S/C12H17NO2/c1-9(12(2,3)8-13)15-11(14)10-6-4-5-7-10/h6,9H,4-5,7H2,1-3H3/t9-/m1/s1. The van der Waals surface area contributed by atoms with Gasteiger partial charge in [-0.05, 0) is 40.0 Å². The van der Waals surface area contributed by atoms with E-state index in [0.717, 1.165) is 24.8 Å². The lowest BCUT2D eigenvalue weighted by Gasteiger charge is -2.24. The Labute approximate surface area is 90.7 Å². The maximum Gasteiger partial charge on any atom is 0.333 e. The van der Waals surface area contributed by atoms with Gasteiger partial charge in [-0.1, -0.05) is 6.08 Å². The fourth-order valence-corrected chi connectivity index (χ4v) is 1.33. The van der Waals surface area contributed by atoms with Crippen LogP contribution in [0.4, 0.5) is 0 Å². The summed E-state index contributed by atoms with van der Waals surface area (Å²) in [7, 11) is 0. The van der Waals surface area contributed by atoms with Gasteiger partial charge in [-0.3, -0.25) is 0 Å². The number of nitriles is 1. The molecule has 82 valence electrons. The first-order valence-electron chi connectivity index (χ1n) is 5.28. The van der Waals surface area contributed by atoms with Crippen LogP contribution in [0.15, 0.2) is 11.6 Å². The Morgan fingerprint density at radius 2 is 2.33 bits per heavy atom. The number of nitrogens with zero attached hydrogens (tertiary/aromatic N) is 1. The first kappa shape index (κ1) is 11.8. The Morgan fingerprint density at radius 1 is 1.67 bits per heavy atom. The molecule has 0 aromatic carbocycles. The van der Waals surface area contributed by atoms with Crippen molar-refractivity contribution in [2.45, 2.75) is 46.1 Å². The molecule has 0 aliphatic heterocycles. The predicted molar refractivity (Wildman–Crippen MR) is 56.9 cm³/mol. The summed E-state index contributed by atoms with van der Waals surface area (Å²) in [5, 5.41) is 8.89. The SMILES string of the molecule is C[C@@H](OC(=O)C1=CCCC1)C(C)(C)C#N. The Bertz CT molecular complexity index is 323. The van der Waals surface area contributed by atoms with Crippen molar-refractivity contribution in [3.05, 3.63) is 11.6 Å².